The number of carbonyl (C=O) groups is 2. The van der Waals surface area contributed by atoms with E-state index < -0.39 is 0 Å². The van der Waals surface area contributed by atoms with Crippen molar-refractivity contribution in [3.8, 4) is 0 Å². The summed E-state index contributed by atoms with van der Waals surface area (Å²) in [6.07, 6.45) is 0. The van der Waals surface area contributed by atoms with Crippen LogP contribution in [-0.2, 0) is 9.53 Å². The molecule has 0 unspecified atom stereocenters. The molecule has 0 bridgehead atoms. The molecule has 3 rings (SSSR count). The average molecular weight is 392 g/mol. The van der Waals surface area contributed by atoms with E-state index in [-0.39, 0.29) is 17.3 Å². The maximum absolute atomic E-state index is 12.3. The molecule has 1 fully saturated rings. The van der Waals surface area contributed by atoms with E-state index in [1.165, 1.54) is 7.11 Å². The second-order valence-electron chi connectivity index (χ2n) is 5.02. The number of methoxy groups -OCH3 is 1. The van der Waals surface area contributed by atoms with E-state index in [0.29, 0.717) is 11.3 Å². The Kier molecular flexibility index (Phi) is 4.73. The van der Waals surface area contributed by atoms with Crippen molar-refractivity contribution in [3.05, 3.63) is 64.1 Å². The van der Waals surface area contributed by atoms with E-state index in [1.807, 2.05) is 24.3 Å². The van der Waals surface area contributed by atoms with Crippen molar-refractivity contribution in [2.75, 3.05) is 17.8 Å². The number of nitrogens with zero attached hydrogens (tertiary/aromatic N) is 1. The van der Waals surface area contributed by atoms with Crippen LogP contribution < -0.4 is 4.90 Å². The highest BCUT2D eigenvalue weighted by Crippen LogP contribution is 2.42. The third-order valence-electron chi connectivity index (χ3n) is 3.57. The molecule has 1 heterocycles. The van der Waals surface area contributed by atoms with Crippen molar-refractivity contribution in [3.63, 3.8) is 0 Å². The highest BCUT2D eigenvalue weighted by atomic mass is 79.9. The van der Waals surface area contributed by atoms with Gasteiger partial charge in [0.25, 0.3) is 0 Å². The summed E-state index contributed by atoms with van der Waals surface area (Å²) in [5.74, 6) is 0.114. The van der Waals surface area contributed by atoms with Crippen LogP contribution in [-0.4, -0.2) is 24.7 Å². The number of benzene rings is 2. The number of halogens is 1. The molecule has 2 aromatic carbocycles. The van der Waals surface area contributed by atoms with Crippen LogP contribution in [0.2, 0.25) is 0 Å². The predicted octanol–water partition coefficient (Wildman–Crippen LogP) is 4.01. The molecule has 0 N–H and O–H groups in total. The van der Waals surface area contributed by atoms with Gasteiger partial charge in [-0.3, -0.25) is 9.69 Å². The fourth-order valence-corrected chi connectivity index (χ4v) is 4.07. The number of hydrogen-bond acceptors (Lipinski definition) is 4. The fraction of sp³-hybridized carbons (Fsp3) is 0.176. The lowest BCUT2D eigenvalue weighted by Gasteiger charge is -2.24. The van der Waals surface area contributed by atoms with Gasteiger partial charge in [-0.15, -0.1) is 11.8 Å². The number of hydrogen-bond donors (Lipinski definition) is 0. The molecule has 1 saturated heterocycles. The number of esters is 1. The Labute approximate surface area is 146 Å². The third kappa shape index (κ3) is 3.28. The monoisotopic (exact) mass is 391 g/mol. The van der Waals surface area contributed by atoms with Crippen LogP contribution in [0.3, 0.4) is 0 Å². The van der Waals surface area contributed by atoms with Crippen LogP contribution in [0, 0.1) is 0 Å². The topological polar surface area (TPSA) is 46.6 Å². The zero-order chi connectivity index (χ0) is 16.4. The molecule has 1 amide bonds. The summed E-state index contributed by atoms with van der Waals surface area (Å²) in [6.45, 7) is 0. The highest BCUT2D eigenvalue weighted by molar-refractivity contribution is 9.10. The number of rotatable bonds is 3. The summed E-state index contributed by atoms with van der Waals surface area (Å²) in [6, 6.07) is 14.9. The lowest BCUT2D eigenvalue weighted by atomic mass is 10.1. The van der Waals surface area contributed by atoms with E-state index in [0.717, 1.165) is 15.7 Å². The first-order valence-corrected chi connectivity index (χ1v) is 8.82. The average Bonchev–Trinajstić information content (AvgIpc) is 2.96. The summed E-state index contributed by atoms with van der Waals surface area (Å²) < 4.78 is 5.68. The molecule has 2 aromatic rings. The van der Waals surface area contributed by atoms with Crippen molar-refractivity contribution < 1.29 is 14.3 Å². The zero-order valence-corrected chi connectivity index (χ0v) is 14.8. The van der Waals surface area contributed by atoms with Crippen molar-refractivity contribution >= 4 is 45.3 Å². The number of ether oxygens (including phenoxy) is 1. The smallest absolute Gasteiger partial charge is 0.337 e. The van der Waals surface area contributed by atoms with Crippen LogP contribution >= 0.6 is 27.7 Å². The Morgan fingerprint density at radius 2 is 2.00 bits per heavy atom. The highest BCUT2D eigenvalue weighted by Gasteiger charge is 2.34. The maximum atomic E-state index is 12.3. The molecule has 1 atom stereocenters. The van der Waals surface area contributed by atoms with Gasteiger partial charge in [0.1, 0.15) is 5.37 Å². The van der Waals surface area contributed by atoms with E-state index in [2.05, 4.69) is 15.9 Å². The van der Waals surface area contributed by atoms with E-state index in [4.69, 9.17) is 4.74 Å². The Balaban J connectivity index is 1.92. The normalized spacial score (nSPS) is 17.4. The molecule has 6 heteroatoms. The molecule has 1 aliphatic heterocycles. The molecule has 1 aliphatic rings. The summed E-state index contributed by atoms with van der Waals surface area (Å²) in [5.41, 5.74) is 2.31. The molecule has 118 valence electrons. The van der Waals surface area contributed by atoms with Crippen LogP contribution in [0.5, 0.6) is 0 Å². The van der Waals surface area contributed by atoms with Crippen molar-refractivity contribution in [1.29, 1.82) is 0 Å². The molecular formula is C17H14BrNO3S. The van der Waals surface area contributed by atoms with Gasteiger partial charge in [-0.1, -0.05) is 28.1 Å². The minimum atomic E-state index is -0.387. The van der Waals surface area contributed by atoms with E-state index >= 15 is 0 Å². The molecule has 0 aromatic heterocycles. The number of carbonyl (C=O) groups excluding carboxylic acids is 2. The van der Waals surface area contributed by atoms with Crippen LogP contribution in [0.25, 0.3) is 0 Å². The summed E-state index contributed by atoms with van der Waals surface area (Å²) >= 11 is 5.06. The minimum Gasteiger partial charge on any atom is -0.465 e. The first kappa shape index (κ1) is 16.1. The molecule has 0 saturated carbocycles. The van der Waals surface area contributed by atoms with Gasteiger partial charge in [-0.05, 0) is 42.0 Å². The van der Waals surface area contributed by atoms with Gasteiger partial charge in [0.2, 0.25) is 5.91 Å². The summed E-state index contributed by atoms with van der Waals surface area (Å²) in [7, 11) is 1.35. The Morgan fingerprint density at radius 1 is 1.26 bits per heavy atom. The van der Waals surface area contributed by atoms with E-state index in [1.54, 1.807) is 40.9 Å². The predicted molar refractivity (Wildman–Crippen MR) is 94.6 cm³/mol. The molecule has 4 nitrogen and oxygen atoms in total. The van der Waals surface area contributed by atoms with Gasteiger partial charge in [-0.2, -0.15) is 0 Å². The van der Waals surface area contributed by atoms with Gasteiger partial charge >= 0.3 is 5.97 Å². The fourth-order valence-electron chi connectivity index (χ4n) is 2.49. The van der Waals surface area contributed by atoms with Crippen molar-refractivity contribution in [1.82, 2.24) is 0 Å². The van der Waals surface area contributed by atoms with Gasteiger partial charge in [-0.25, -0.2) is 4.79 Å². The number of thioether (sulfide) groups is 1. The van der Waals surface area contributed by atoms with E-state index in [9.17, 15) is 9.59 Å². The molecule has 0 spiro atoms. The first-order valence-electron chi connectivity index (χ1n) is 6.97. The standard InChI is InChI=1S/C17H14BrNO3S/c1-22-17(21)11-5-7-14(8-6-11)19-15(20)10-23-16(19)12-3-2-4-13(18)9-12/h2-9,16H,10H2,1H3/t16-/m1/s1. The molecular weight excluding hydrogens is 378 g/mol. The Morgan fingerprint density at radius 3 is 2.65 bits per heavy atom. The lowest BCUT2D eigenvalue weighted by Crippen LogP contribution is -2.27. The van der Waals surface area contributed by atoms with Gasteiger partial charge in [0.05, 0.1) is 18.4 Å². The Bertz CT molecular complexity index is 748. The molecule has 23 heavy (non-hydrogen) atoms. The van der Waals surface area contributed by atoms with Crippen LogP contribution in [0.4, 0.5) is 5.69 Å². The minimum absolute atomic E-state index is 0.0609. The van der Waals surface area contributed by atoms with Crippen molar-refractivity contribution in [2.45, 2.75) is 5.37 Å². The summed E-state index contributed by atoms with van der Waals surface area (Å²) in [4.78, 5) is 25.6. The number of amides is 1. The van der Waals surface area contributed by atoms with Gasteiger partial charge in [0, 0.05) is 10.2 Å². The molecule has 0 aliphatic carbocycles. The van der Waals surface area contributed by atoms with Crippen LogP contribution in [0.15, 0.2) is 53.0 Å². The SMILES string of the molecule is COC(=O)c1ccc(N2C(=O)CS[C@@H]2c2cccc(Br)c2)cc1. The Hall–Kier alpha value is -1.79. The lowest BCUT2D eigenvalue weighted by molar-refractivity contribution is -0.115. The zero-order valence-electron chi connectivity index (χ0n) is 12.4. The second-order valence-corrected chi connectivity index (χ2v) is 7.00. The molecule has 0 radical (unpaired) electrons. The van der Waals surface area contributed by atoms with Gasteiger partial charge < -0.3 is 4.74 Å². The maximum Gasteiger partial charge on any atom is 0.337 e. The number of anilines is 1. The quantitative estimate of drug-likeness (QED) is 0.741. The van der Waals surface area contributed by atoms with Gasteiger partial charge in [0.15, 0.2) is 0 Å². The first-order chi connectivity index (χ1) is 11.1. The largest absolute Gasteiger partial charge is 0.465 e. The second kappa shape index (κ2) is 6.76. The summed E-state index contributed by atoms with van der Waals surface area (Å²) in [5, 5.41) is -0.0658. The van der Waals surface area contributed by atoms with Crippen LogP contribution in [0.1, 0.15) is 21.3 Å². The third-order valence-corrected chi connectivity index (χ3v) is 5.27. The van der Waals surface area contributed by atoms with Crippen molar-refractivity contribution in [2.24, 2.45) is 0 Å².